The molecule has 0 saturated heterocycles. The van der Waals surface area contributed by atoms with Crippen molar-refractivity contribution in [2.45, 2.75) is 12.8 Å². The van der Waals surface area contributed by atoms with Crippen LogP contribution in [0.3, 0.4) is 0 Å². The Balaban J connectivity index is 2.28. The third kappa shape index (κ3) is 6.22. The van der Waals surface area contributed by atoms with Gasteiger partial charge in [0.1, 0.15) is 6.61 Å². The Labute approximate surface area is 121 Å². The van der Waals surface area contributed by atoms with Gasteiger partial charge in [0.05, 0.1) is 13.7 Å². The third-order valence-electron chi connectivity index (χ3n) is 2.68. The maximum Gasteiger partial charge on any atom is 0.329 e. The molecule has 0 spiro atoms. The minimum Gasteiger partial charge on any atom is -0.494 e. The maximum absolute atomic E-state index is 13.8. The van der Waals surface area contributed by atoms with Crippen LogP contribution >= 0.6 is 0 Å². The first-order chi connectivity index (χ1) is 10.0. The van der Waals surface area contributed by atoms with Crippen LogP contribution in [0.5, 0.6) is 5.75 Å². The maximum atomic E-state index is 13.8. The number of amides is 1. The van der Waals surface area contributed by atoms with Crippen LogP contribution in [0.25, 0.3) is 0 Å². The van der Waals surface area contributed by atoms with Crippen LogP contribution in [0.15, 0.2) is 18.2 Å². The summed E-state index contributed by atoms with van der Waals surface area (Å²) < 4.78 is 23.4. The number of hydrogen-bond donors (Lipinski definition) is 2. The van der Waals surface area contributed by atoms with Crippen LogP contribution in [-0.2, 0) is 20.7 Å². The molecule has 1 aromatic carbocycles. The second-order valence-electron chi connectivity index (χ2n) is 4.23. The van der Waals surface area contributed by atoms with Gasteiger partial charge in [-0.2, -0.15) is 0 Å². The summed E-state index contributed by atoms with van der Waals surface area (Å²) in [6, 6.07) is 4.77. The van der Waals surface area contributed by atoms with Gasteiger partial charge in [-0.05, 0) is 18.1 Å². The molecule has 0 radical (unpaired) electrons. The summed E-state index contributed by atoms with van der Waals surface area (Å²) in [5.74, 6) is -1.63. The highest BCUT2D eigenvalue weighted by Crippen LogP contribution is 2.20. The minimum absolute atomic E-state index is 0.117. The number of halogens is 1. The predicted octanol–water partition coefficient (Wildman–Crippen LogP) is 0.984. The Morgan fingerprint density at radius 1 is 1.38 bits per heavy atom. The Kier molecular flexibility index (Phi) is 7.17. The number of aryl methyl sites for hydroxylation is 1. The Morgan fingerprint density at radius 3 is 2.81 bits per heavy atom. The monoisotopic (exact) mass is 299 g/mol. The van der Waals surface area contributed by atoms with E-state index < -0.39 is 18.4 Å². The second-order valence-corrected chi connectivity index (χ2v) is 4.23. The van der Waals surface area contributed by atoms with Crippen molar-refractivity contribution in [1.29, 1.82) is 0 Å². The van der Waals surface area contributed by atoms with Gasteiger partial charge in [-0.25, -0.2) is 9.18 Å². The smallest absolute Gasteiger partial charge is 0.329 e. The largest absolute Gasteiger partial charge is 0.494 e. The highest BCUT2D eigenvalue weighted by molar-refractivity contribution is 5.76. The highest BCUT2D eigenvalue weighted by atomic mass is 19.1. The molecule has 0 aliphatic carbocycles. The zero-order chi connectivity index (χ0) is 15.7. The quantitative estimate of drug-likeness (QED) is 0.664. The van der Waals surface area contributed by atoms with Crippen molar-refractivity contribution in [3.63, 3.8) is 0 Å². The van der Waals surface area contributed by atoms with E-state index in [1.165, 1.54) is 13.2 Å². The number of nitrogens with one attached hydrogen (secondary N) is 1. The first-order valence-electron chi connectivity index (χ1n) is 6.42. The number of methoxy groups -OCH3 is 1. The van der Waals surface area contributed by atoms with Crippen molar-refractivity contribution in [3.05, 3.63) is 29.6 Å². The third-order valence-corrected chi connectivity index (χ3v) is 2.68. The van der Waals surface area contributed by atoms with Crippen LogP contribution in [0.2, 0.25) is 0 Å². The van der Waals surface area contributed by atoms with Gasteiger partial charge in [0.15, 0.2) is 11.6 Å². The summed E-state index contributed by atoms with van der Waals surface area (Å²) in [5.41, 5.74) is 0.409. The molecule has 0 fully saturated rings. The van der Waals surface area contributed by atoms with Crippen molar-refractivity contribution < 1.29 is 28.6 Å². The molecule has 0 saturated carbocycles. The second kappa shape index (κ2) is 8.91. The topological polar surface area (TPSA) is 84.9 Å². The fraction of sp³-hybridized carbons (Fsp3) is 0.429. The molecule has 1 aromatic rings. The van der Waals surface area contributed by atoms with Gasteiger partial charge in [-0.1, -0.05) is 12.1 Å². The molecule has 1 rings (SSSR count). The average molecular weight is 299 g/mol. The van der Waals surface area contributed by atoms with Gasteiger partial charge in [0.25, 0.3) is 0 Å². The number of carboxylic acids is 1. The highest BCUT2D eigenvalue weighted by Gasteiger charge is 2.10. The van der Waals surface area contributed by atoms with Crippen LogP contribution in [0.1, 0.15) is 12.0 Å². The number of benzene rings is 1. The van der Waals surface area contributed by atoms with Crippen molar-refractivity contribution in [1.82, 2.24) is 5.32 Å². The normalized spacial score (nSPS) is 10.2. The van der Waals surface area contributed by atoms with E-state index in [1.807, 2.05) is 0 Å². The summed E-state index contributed by atoms with van der Waals surface area (Å²) in [6.45, 7) is -0.0663. The predicted molar refractivity (Wildman–Crippen MR) is 72.7 cm³/mol. The molecule has 0 aliphatic heterocycles. The summed E-state index contributed by atoms with van der Waals surface area (Å²) in [4.78, 5) is 21.7. The number of carbonyl (C=O) groups excluding carboxylic acids is 1. The van der Waals surface area contributed by atoms with E-state index in [2.05, 4.69) is 5.32 Å². The zero-order valence-electron chi connectivity index (χ0n) is 11.7. The van der Waals surface area contributed by atoms with Crippen molar-refractivity contribution in [2.75, 3.05) is 26.9 Å². The fourth-order valence-electron chi connectivity index (χ4n) is 1.67. The van der Waals surface area contributed by atoms with Crippen LogP contribution < -0.4 is 10.1 Å². The summed E-state index contributed by atoms with van der Waals surface area (Å²) in [7, 11) is 1.38. The minimum atomic E-state index is -1.06. The van der Waals surface area contributed by atoms with Gasteiger partial charge in [-0.3, -0.25) is 4.79 Å². The molecular weight excluding hydrogens is 281 g/mol. The van der Waals surface area contributed by atoms with E-state index in [1.54, 1.807) is 12.1 Å². The zero-order valence-corrected chi connectivity index (χ0v) is 11.7. The summed E-state index contributed by atoms with van der Waals surface area (Å²) in [5, 5.41) is 10.9. The lowest BCUT2D eigenvalue weighted by Crippen LogP contribution is -2.28. The molecule has 1 amide bonds. The van der Waals surface area contributed by atoms with Crippen molar-refractivity contribution >= 4 is 11.9 Å². The molecular formula is C14H18FNO5. The molecule has 6 nitrogen and oxygen atoms in total. The van der Waals surface area contributed by atoms with Gasteiger partial charge in [-0.15, -0.1) is 0 Å². The molecule has 2 N–H and O–H groups in total. The molecule has 21 heavy (non-hydrogen) atoms. The lowest BCUT2D eigenvalue weighted by atomic mass is 10.1. The number of aliphatic carboxylic acids is 1. The number of rotatable bonds is 9. The van der Waals surface area contributed by atoms with Crippen LogP contribution in [0.4, 0.5) is 4.39 Å². The summed E-state index contributed by atoms with van der Waals surface area (Å²) in [6.07, 6.45) is 0.383. The number of ether oxygens (including phenoxy) is 2. The van der Waals surface area contributed by atoms with Gasteiger partial charge >= 0.3 is 5.97 Å². The first kappa shape index (κ1) is 16.9. The molecule has 7 heteroatoms. The Bertz CT molecular complexity index is 492. The van der Waals surface area contributed by atoms with E-state index in [0.29, 0.717) is 5.56 Å². The molecule has 0 atom stereocenters. The van der Waals surface area contributed by atoms with Gasteiger partial charge in [0, 0.05) is 13.0 Å². The van der Waals surface area contributed by atoms with E-state index in [4.69, 9.17) is 14.6 Å². The van der Waals surface area contributed by atoms with E-state index in [9.17, 15) is 14.0 Å². The van der Waals surface area contributed by atoms with Gasteiger partial charge < -0.3 is 19.9 Å². The standard InChI is InChI=1S/C14H18FNO5/c1-20-11-4-2-3-10(14(11)15)5-6-12(17)16-7-8-21-9-13(18)19/h2-4H,5-9H2,1H3,(H,16,17)(H,18,19). The molecule has 0 aliphatic rings. The summed E-state index contributed by atoms with van der Waals surface area (Å²) >= 11 is 0. The van der Waals surface area contributed by atoms with Crippen LogP contribution in [0, 0.1) is 5.82 Å². The number of carboxylic acid groups (broad SMARTS) is 1. The molecule has 0 unspecified atom stereocenters. The number of hydrogen-bond acceptors (Lipinski definition) is 4. The fourth-order valence-corrected chi connectivity index (χ4v) is 1.67. The molecule has 0 aromatic heterocycles. The Hall–Kier alpha value is -2.15. The van der Waals surface area contributed by atoms with Crippen molar-refractivity contribution in [2.24, 2.45) is 0 Å². The van der Waals surface area contributed by atoms with E-state index >= 15 is 0 Å². The lowest BCUT2D eigenvalue weighted by Gasteiger charge is -2.08. The Morgan fingerprint density at radius 2 is 2.14 bits per heavy atom. The average Bonchev–Trinajstić information content (AvgIpc) is 2.45. The van der Waals surface area contributed by atoms with E-state index in [0.717, 1.165) is 0 Å². The SMILES string of the molecule is COc1cccc(CCC(=O)NCCOCC(=O)O)c1F. The molecule has 0 bridgehead atoms. The number of carbonyl (C=O) groups is 2. The molecule has 0 heterocycles. The van der Waals surface area contributed by atoms with Gasteiger partial charge in [0.2, 0.25) is 5.91 Å². The lowest BCUT2D eigenvalue weighted by molar-refractivity contribution is -0.142. The molecule has 116 valence electrons. The van der Waals surface area contributed by atoms with Crippen LogP contribution in [-0.4, -0.2) is 43.9 Å². The van der Waals surface area contributed by atoms with Crippen molar-refractivity contribution in [3.8, 4) is 5.75 Å². The first-order valence-corrected chi connectivity index (χ1v) is 6.42. The van der Waals surface area contributed by atoms with E-state index in [-0.39, 0.29) is 37.6 Å².